The van der Waals surface area contributed by atoms with Gasteiger partial charge >= 0.3 is 0 Å². The molecule has 0 radical (unpaired) electrons. The van der Waals surface area contributed by atoms with Crippen LogP contribution in [-0.2, 0) is 26.3 Å². The standard InChI is InChI=1S/C16H19Br2ClN2/c1-3-14-16(19)15(21(2)20-14)9-11(10-17)8-12-6-4-5-7-13(12)18/h4-7,11H,3,8-10H2,1-2H3. The number of hydrogen-bond donors (Lipinski definition) is 0. The highest BCUT2D eigenvalue weighted by Crippen LogP contribution is 2.27. The SMILES string of the molecule is CCc1nn(C)c(CC(CBr)Cc2ccccc2Br)c1Cl. The van der Waals surface area contributed by atoms with Gasteiger partial charge in [-0.25, -0.2) is 0 Å². The molecule has 2 aromatic rings. The Balaban J connectivity index is 2.16. The van der Waals surface area contributed by atoms with Crippen LogP contribution in [0.2, 0.25) is 5.02 Å². The molecule has 0 bridgehead atoms. The van der Waals surface area contributed by atoms with Crippen molar-refractivity contribution in [2.45, 2.75) is 26.2 Å². The average Bonchev–Trinajstić information content (AvgIpc) is 2.75. The molecule has 0 saturated carbocycles. The van der Waals surface area contributed by atoms with Crippen molar-refractivity contribution >= 4 is 43.5 Å². The molecule has 0 aliphatic rings. The quantitative estimate of drug-likeness (QED) is 0.572. The maximum atomic E-state index is 6.46. The minimum Gasteiger partial charge on any atom is -0.271 e. The molecule has 0 amide bonds. The zero-order valence-corrected chi connectivity index (χ0v) is 16.2. The summed E-state index contributed by atoms with van der Waals surface area (Å²) in [6.07, 6.45) is 2.81. The lowest BCUT2D eigenvalue weighted by Crippen LogP contribution is -2.13. The minimum atomic E-state index is 0.487. The Kier molecular flexibility index (Phi) is 6.33. The lowest BCUT2D eigenvalue weighted by atomic mass is 9.96. The Morgan fingerprint density at radius 1 is 1.29 bits per heavy atom. The summed E-state index contributed by atoms with van der Waals surface area (Å²) >= 11 is 13.7. The fourth-order valence-electron chi connectivity index (χ4n) is 2.47. The van der Waals surface area contributed by atoms with Crippen LogP contribution in [0.25, 0.3) is 0 Å². The highest BCUT2D eigenvalue weighted by Gasteiger charge is 2.18. The van der Waals surface area contributed by atoms with E-state index in [9.17, 15) is 0 Å². The second-order valence-corrected chi connectivity index (χ2v) is 7.08. The van der Waals surface area contributed by atoms with Gasteiger partial charge in [0, 0.05) is 16.9 Å². The van der Waals surface area contributed by atoms with Gasteiger partial charge in [-0.05, 0) is 36.8 Å². The molecule has 114 valence electrons. The number of hydrogen-bond acceptors (Lipinski definition) is 1. The Morgan fingerprint density at radius 2 is 2.00 bits per heavy atom. The maximum Gasteiger partial charge on any atom is 0.0849 e. The molecule has 2 nitrogen and oxygen atoms in total. The van der Waals surface area contributed by atoms with Crippen LogP contribution in [0.15, 0.2) is 28.7 Å². The van der Waals surface area contributed by atoms with Crippen molar-refractivity contribution in [3.8, 4) is 0 Å². The zero-order chi connectivity index (χ0) is 15.4. The smallest absolute Gasteiger partial charge is 0.0849 e. The van der Waals surface area contributed by atoms with Gasteiger partial charge < -0.3 is 0 Å². The van der Waals surface area contributed by atoms with Crippen LogP contribution >= 0.6 is 43.5 Å². The summed E-state index contributed by atoms with van der Waals surface area (Å²) in [6, 6.07) is 8.38. The van der Waals surface area contributed by atoms with Crippen LogP contribution in [0.1, 0.15) is 23.9 Å². The van der Waals surface area contributed by atoms with Gasteiger partial charge in [-0.3, -0.25) is 4.68 Å². The van der Waals surface area contributed by atoms with Crippen LogP contribution < -0.4 is 0 Å². The third-order valence-corrected chi connectivity index (χ3v) is 5.80. The predicted octanol–water partition coefficient (Wildman–Crippen LogP) is 5.19. The topological polar surface area (TPSA) is 17.8 Å². The van der Waals surface area contributed by atoms with Crippen LogP contribution in [0.4, 0.5) is 0 Å². The molecule has 0 fully saturated rings. The molecule has 0 N–H and O–H groups in total. The van der Waals surface area contributed by atoms with Crippen LogP contribution in [0.3, 0.4) is 0 Å². The fraction of sp³-hybridized carbons (Fsp3) is 0.438. The third kappa shape index (κ3) is 4.11. The van der Waals surface area contributed by atoms with E-state index in [0.717, 1.165) is 41.0 Å². The summed E-state index contributed by atoms with van der Waals surface area (Å²) in [6.45, 7) is 2.08. The van der Waals surface area contributed by atoms with E-state index in [0.29, 0.717) is 5.92 Å². The number of aryl methyl sites for hydroxylation is 2. The highest BCUT2D eigenvalue weighted by molar-refractivity contribution is 9.10. The van der Waals surface area contributed by atoms with E-state index in [1.807, 2.05) is 17.8 Å². The van der Waals surface area contributed by atoms with Crippen LogP contribution in [-0.4, -0.2) is 15.1 Å². The van der Waals surface area contributed by atoms with Gasteiger partial charge in [0.05, 0.1) is 16.4 Å². The van der Waals surface area contributed by atoms with E-state index in [-0.39, 0.29) is 0 Å². The largest absolute Gasteiger partial charge is 0.271 e. The zero-order valence-electron chi connectivity index (χ0n) is 12.2. The monoisotopic (exact) mass is 432 g/mol. The lowest BCUT2D eigenvalue weighted by Gasteiger charge is -2.15. The molecule has 0 aliphatic heterocycles. The average molecular weight is 435 g/mol. The van der Waals surface area contributed by atoms with Gasteiger partial charge in [0.2, 0.25) is 0 Å². The van der Waals surface area contributed by atoms with E-state index in [2.05, 4.69) is 62.1 Å². The first kappa shape index (κ1) is 17.0. The Hall–Kier alpha value is -0.320. The number of alkyl halides is 1. The number of aromatic nitrogens is 2. The van der Waals surface area contributed by atoms with E-state index in [1.54, 1.807) is 0 Å². The summed E-state index contributed by atoms with van der Waals surface area (Å²) in [5.74, 6) is 0.487. The number of benzene rings is 1. The van der Waals surface area contributed by atoms with Crippen molar-refractivity contribution in [3.05, 3.63) is 50.7 Å². The maximum absolute atomic E-state index is 6.46. The first-order valence-corrected chi connectivity index (χ1v) is 9.35. The van der Waals surface area contributed by atoms with Gasteiger partial charge in [-0.2, -0.15) is 5.10 Å². The molecular weight excluding hydrogens is 415 g/mol. The minimum absolute atomic E-state index is 0.487. The summed E-state index contributed by atoms with van der Waals surface area (Å²) in [4.78, 5) is 0. The van der Waals surface area contributed by atoms with Gasteiger partial charge in [0.25, 0.3) is 0 Å². The van der Waals surface area contributed by atoms with Crippen LogP contribution in [0.5, 0.6) is 0 Å². The third-order valence-electron chi connectivity index (χ3n) is 3.67. The molecule has 1 unspecified atom stereocenters. The highest BCUT2D eigenvalue weighted by atomic mass is 79.9. The molecule has 0 aliphatic carbocycles. The van der Waals surface area contributed by atoms with E-state index in [4.69, 9.17) is 11.6 Å². The Morgan fingerprint density at radius 3 is 2.57 bits per heavy atom. The molecular formula is C16H19Br2ClN2. The molecule has 5 heteroatoms. The van der Waals surface area contributed by atoms with Gasteiger partial charge in [-0.1, -0.05) is 68.6 Å². The lowest BCUT2D eigenvalue weighted by molar-refractivity contribution is 0.556. The molecule has 1 aromatic carbocycles. The second kappa shape index (κ2) is 7.80. The van der Waals surface area contributed by atoms with Crippen molar-refractivity contribution in [1.82, 2.24) is 9.78 Å². The van der Waals surface area contributed by atoms with Crippen molar-refractivity contribution in [2.75, 3.05) is 5.33 Å². The molecule has 1 aromatic heterocycles. The van der Waals surface area contributed by atoms with E-state index >= 15 is 0 Å². The van der Waals surface area contributed by atoms with Gasteiger partial charge in [0.1, 0.15) is 0 Å². The summed E-state index contributed by atoms with van der Waals surface area (Å²) in [5.41, 5.74) is 3.45. The number of rotatable bonds is 6. The number of halogens is 3. The van der Waals surface area contributed by atoms with Crippen molar-refractivity contribution in [2.24, 2.45) is 13.0 Å². The van der Waals surface area contributed by atoms with Crippen molar-refractivity contribution in [3.63, 3.8) is 0 Å². The normalized spacial score (nSPS) is 12.6. The Labute approximate surface area is 148 Å². The van der Waals surface area contributed by atoms with Crippen molar-refractivity contribution in [1.29, 1.82) is 0 Å². The fourth-order valence-corrected chi connectivity index (χ4v) is 3.75. The predicted molar refractivity (Wildman–Crippen MR) is 96.4 cm³/mol. The molecule has 21 heavy (non-hydrogen) atoms. The summed E-state index contributed by atoms with van der Waals surface area (Å²) in [5, 5.41) is 6.27. The van der Waals surface area contributed by atoms with Gasteiger partial charge in [0.15, 0.2) is 0 Å². The van der Waals surface area contributed by atoms with Gasteiger partial charge in [-0.15, -0.1) is 0 Å². The van der Waals surface area contributed by atoms with E-state index < -0.39 is 0 Å². The first-order valence-electron chi connectivity index (χ1n) is 7.06. The van der Waals surface area contributed by atoms with Crippen molar-refractivity contribution < 1.29 is 0 Å². The summed E-state index contributed by atoms with van der Waals surface area (Å²) < 4.78 is 3.10. The second-order valence-electron chi connectivity index (χ2n) is 5.20. The van der Waals surface area contributed by atoms with E-state index in [1.165, 1.54) is 10.0 Å². The first-order chi connectivity index (χ1) is 10.1. The summed E-state index contributed by atoms with van der Waals surface area (Å²) in [7, 11) is 1.98. The molecule has 0 spiro atoms. The van der Waals surface area contributed by atoms with Crippen LogP contribution in [0, 0.1) is 5.92 Å². The molecule has 0 saturated heterocycles. The Bertz CT molecular complexity index is 610. The molecule has 2 rings (SSSR count). The molecule has 1 heterocycles. The number of nitrogens with zero attached hydrogens (tertiary/aromatic N) is 2. The molecule has 1 atom stereocenters.